The predicted octanol–water partition coefficient (Wildman–Crippen LogP) is 3.61. The van der Waals surface area contributed by atoms with Crippen LogP contribution in [0.2, 0.25) is 0 Å². The fraction of sp³-hybridized carbons (Fsp3) is 0.438. The van der Waals surface area contributed by atoms with Crippen molar-refractivity contribution in [2.24, 2.45) is 5.92 Å². The molecule has 1 amide bonds. The molecular weight excluding hydrogens is 279 g/mol. The summed E-state index contributed by atoms with van der Waals surface area (Å²) in [5, 5.41) is 2.62. The first-order valence-corrected chi connectivity index (χ1v) is 6.72. The molecule has 0 aliphatic carbocycles. The van der Waals surface area contributed by atoms with Gasteiger partial charge in [0.25, 0.3) is 0 Å². The van der Waals surface area contributed by atoms with E-state index < -0.39 is 11.7 Å². The molecule has 0 aromatic heterocycles. The van der Waals surface area contributed by atoms with Crippen LogP contribution in [-0.4, -0.2) is 12.5 Å². The first-order chi connectivity index (χ1) is 9.79. The van der Waals surface area contributed by atoms with Gasteiger partial charge in [0.05, 0.1) is 12.1 Å². The highest BCUT2D eigenvalue weighted by atomic mass is 19.4. The Morgan fingerprint density at radius 2 is 2.05 bits per heavy atom. The highest BCUT2D eigenvalue weighted by molar-refractivity contribution is 5.76. The second-order valence-corrected chi connectivity index (χ2v) is 5.09. The lowest BCUT2D eigenvalue weighted by atomic mass is 10.1. The van der Waals surface area contributed by atoms with Crippen molar-refractivity contribution in [1.29, 1.82) is 0 Å². The van der Waals surface area contributed by atoms with Gasteiger partial charge in [-0.2, -0.15) is 13.2 Å². The lowest BCUT2D eigenvalue weighted by Gasteiger charge is -2.06. The van der Waals surface area contributed by atoms with Crippen molar-refractivity contribution in [3.8, 4) is 11.8 Å². The maximum Gasteiger partial charge on any atom is 0.416 e. The molecule has 1 N–H and O–H groups in total. The molecule has 0 spiro atoms. The largest absolute Gasteiger partial charge is 0.416 e. The zero-order chi connectivity index (χ0) is 15.9. The van der Waals surface area contributed by atoms with E-state index >= 15 is 0 Å². The lowest BCUT2D eigenvalue weighted by Crippen LogP contribution is -2.23. The maximum atomic E-state index is 12.5. The highest BCUT2D eigenvalue weighted by Gasteiger charge is 2.30. The summed E-state index contributed by atoms with van der Waals surface area (Å²) in [6.45, 7) is 4.19. The van der Waals surface area contributed by atoms with Crippen LogP contribution in [0.3, 0.4) is 0 Å². The fourth-order valence-electron chi connectivity index (χ4n) is 1.57. The zero-order valence-corrected chi connectivity index (χ0v) is 12.1. The third-order valence-corrected chi connectivity index (χ3v) is 2.75. The minimum atomic E-state index is -4.37. The van der Waals surface area contributed by atoms with Gasteiger partial charge in [-0.05, 0) is 30.5 Å². The molecule has 1 aromatic rings. The molecule has 0 heterocycles. The zero-order valence-electron chi connectivity index (χ0n) is 12.1. The SMILES string of the molecule is CC(C)CCC(=O)NCC#Cc1cccc(C(F)(F)F)c1. The van der Waals surface area contributed by atoms with Gasteiger partial charge < -0.3 is 5.32 Å². The molecule has 0 unspecified atom stereocenters. The van der Waals surface area contributed by atoms with Crippen LogP contribution in [-0.2, 0) is 11.0 Å². The van der Waals surface area contributed by atoms with Gasteiger partial charge in [-0.1, -0.05) is 31.8 Å². The van der Waals surface area contributed by atoms with Crippen molar-refractivity contribution >= 4 is 5.91 Å². The quantitative estimate of drug-likeness (QED) is 0.845. The van der Waals surface area contributed by atoms with E-state index in [2.05, 4.69) is 17.2 Å². The summed E-state index contributed by atoms with van der Waals surface area (Å²) in [7, 11) is 0. The number of hydrogen-bond donors (Lipinski definition) is 1. The van der Waals surface area contributed by atoms with Gasteiger partial charge in [-0.3, -0.25) is 4.79 Å². The molecular formula is C16H18F3NO. The number of benzene rings is 1. The molecule has 0 radical (unpaired) electrons. The molecule has 1 rings (SSSR count). The molecule has 1 aromatic carbocycles. The van der Waals surface area contributed by atoms with E-state index in [0.717, 1.165) is 18.6 Å². The van der Waals surface area contributed by atoms with Crippen molar-refractivity contribution in [1.82, 2.24) is 5.32 Å². The summed E-state index contributed by atoms with van der Waals surface area (Å²) < 4.78 is 37.5. The number of amides is 1. The van der Waals surface area contributed by atoms with Crippen molar-refractivity contribution in [2.75, 3.05) is 6.54 Å². The predicted molar refractivity (Wildman–Crippen MR) is 75.4 cm³/mol. The average molecular weight is 297 g/mol. The van der Waals surface area contributed by atoms with Crippen LogP contribution in [0.1, 0.15) is 37.8 Å². The Kier molecular flexibility index (Phi) is 6.29. The number of nitrogens with one attached hydrogen (secondary N) is 1. The Morgan fingerprint density at radius 3 is 2.67 bits per heavy atom. The van der Waals surface area contributed by atoms with Crippen molar-refractivity contribution < 1.29 is 18.0 Å². The first kappa shape index (κ1) is 17.1. The first-order valence-electron chi connectivity index (χ1n) is 6.72. The van der Waals surface area contributed by atoms with Crippen LogP contribution in [0.4, 0.5) is 13.2 Å². The third-order valence-electron chi connectivity index (χ3n) is 2.75. The van der Waals surface area contributed by atoms with Gasteiger partial charge in [0.15, 0.2) is 0 Å². The summed E-state index contributed by atoms with van der Waals surface area (Å²) in [6, 6.07) is 4.81. The standard InChI is InChI=1S/C16H18F3NO/c1-12(2)8-9-15(21)20-10-4-6-13-5-3-7-14(11-13)16(17,18)19/h3,5,7,11-12H,8-10H2,1-2H3,(H,20,21). The van der Waals surface area contributed by atoms with Crippen LogP contribution in [0, 0.1) is 17.8 Å². The van der Waals surface area contributed by atoms with Gasteiger partial charge in [0.1, 0.15) is 0 Å². The van der Waals surface area contributed by atoms with Crippen LogP contribution in [0.5, 0.6) is 0 Å². The van der Waals surface area contributed by atoms with E-state index in [9.17, 15) is 18.0 Å². The topological polar surface area (TPSA) is 29.1 Å². The molecule has 0 aliphatic rings. The lowest BCUT2D eigenvalue weighted by molar-refractivity contribution is -0.137. The molecule has 0 aliphatic heterocycles. The van der Waals surface area contributed by atoms with E-state index in [4.69, 9.17) is 0 Å². The maximum absolute atomic E-state index is 12.5. The van der Waals surface area contributed by atoms with E-state index in [1.165, 1.54) is 12.1 Å². The number of halogens is 3. The summed E-state index contributed by atoms with van der Waals surface area (Å²) in [4.78, 5) is 11.4. The average Bonchev–Trinajstić information content (AvgIpc) is 2.41. The Hall–Kier alpha value is -1.96. The molecule has 21 heavy (non-hydrogen) atoms. The highest BCUT2D eigenvalue weighted by Crippen LogP contribution is 2.29. The van der Waals surface area contributed by atoms with E-state index in [1.807, 2.05) is 13.8 Å². The molecule has 5 heteroatoms. The fourth-order valence-corrected chi connectivity index (χ4v) is 1.57. The summed E-state index contributed by atoms with van der Waals surface area (Å²) in [5.41, 5.74) is -0.448. The number of hydrogen-bond acceptors (Lipinski definition) is 1. The van der Waals surface area contributed by atoms with Gasteiger partial charge in [0.2, 0.25) is 5.91 Å². The van der Waals surface area contributed by atoms with Crippen molar-refractivity contribution in [2.45, 2.75) is 32.9 Å². The minimum absolute atomic E-state index is 0.0953. The molecule has 0 fully saturated rings. The second-order valence-electron chi connectivity index (χ2n) is 5.09. The van der Waals surface area contributed by atoms with Gasteiger partial charge in [0, 0.05) is 12.0 Å². The molecule has 0 bridgehead atoms. The van der Waals surface area contributed by atoms with E-state index in [1.54, 1.807) is 0 Å². The Labute approximate surface area is 122 Å². The third kappa shape index (κ3) is 6.84. The molecule has 0 atom stereocenters. The normalized spacial score (nSPS) is 11.0. The van der Waals surface area contributed by atoms with Crippen LogP contribution < -0.4 is 5.32 Å². The van der Waals surface area contributed by atoms with Gasteiger partial charge >= 0.3 is 6.18 Å². The molecule has 2 nitrogen and oxygen atoms in total. The van der Waals surface area contributed by atoms with E-state index in [0.29, 0.717) is 12.3 Å². The number of alkyl halides is 3. The Balaban J connectivity index is 2.50. The smallest absolute Gasteiger partial charge is 0.345 e. The van der Waals surface area contributed by atoms with Gasteiger partial charge in [-0.15, -0.1) is 0 Å². The van der Waals surface area contributed by atoms with Crippen LogP contribution >= 0.6 is 0 Å². The second kappa shape index (κ2) is 7.72. The van der Waals surface area contributed by atoms with Crippen molar-refractivity contribution in [3.05, 3.63) is 35.4 Å². The minimum Gasteiger partial charge on any atom is -0.345 e. The number of carbonyl (C=O) groups is 1. The van der Waals surface area contributed by atoms with Crippen LogP contribution in [0.25, 0.3) is 0 Å². The Morgan fingerprint density at radius 1 is 1.33 bits per heavy atom. The number of carbonyl (C=O) groups excluding carboxylic acids is 1. The number of rotatable bonds is 4. The molecule has 0 saturated heterocycles. The Bertz CT molecular complexity index is 538. The summed E-state index contributed by atoms with van der Waals surface area (Å²) in [5.74, 6) is 5.62. The summed E-state index contributed by atoms with van der Waals surface area (Å²) in [6.07, 6.45) is -3.14. The van der Waals surface area contributed by atoms with Crippen molar-refractivity contribution in [3.63, 3.8) is 0 Å². The van der Waals surface area contributed by atoms with Gasteiger partial charge in [-0.25, -0.2) is 0 Å². The molecule has 0 saturated carbocycles. The van der Waals surface area contributed by atoms with Crippen LogP contribution in [0.15, 0.2) is 24.3 Å². The monoisotopic (exact) mass is 297 g/mol. The summed E-state index contributed by atoms with van der Waals surface area (Å²) >= 11 is 0. The molecule has 114 valence electrons. The van der Waals surface area contributed by atoms with E-state index in [-0.39, 0.29) is 18.0 Å².